The lowest BCUT2D eigenvalue weighted by Crippen LogP contribution is -2.60. The van der Waals surface area contributed by atoms with Gasteiger partial charge in [-0.05, 0) is 69.0 Å². The summed E-state index contributed by atoms with van der Waals surface area (Å²) in [6.45, 7) is 7.54. The highest BCUT2D eigenvalue weighted by molar-refractivity contribution is 5.89. The Morgan fingerprint density at radius 2 is 1.68 bits per heavy atom. The summed E-state index contributed by atoms with van der Waals surface area (Å²) in [6, 6.07) is 9.33. The molecule has 0 spiro atoms. The minimum atomic E-state index is -1.35. The van der Waals surface area contributed by atoms with Crippen molar-refractivity contribution in [2.75, 3.05) is 57.7 Å². The van der Waals surface area contributed by atoms with Crippen molar-refractivity contribution in [3.05, 3.63) is 52.6 Å². The van der Waals surface area contributed by atoms with E-state index in [-0.39, 0.29) is 30.2 Å². The molecule has 6 N–H and O–H groups in total. The van der Waals surface area contributed by atoms with E-state index in [2.05, 4.69) is 22.1 Å². The second-order valence-corrected chi connectivity index (χ2v) is 11.2. The average Bonchev–Trinajstić information content (AvgIpc) is 3.12. The van der Waals surface area contributed by atoms with Crippen LogP contribution in [-0.2, 0) is 11.2 Å². The van der Waals surface area contributed by atoms with Crippen LogP contribution in [0.3, 0.4) is 0 Å². The van der Waals surface area contributed by atoms with Gasteiger partial charge in [0.05, 0.1) is 12.3 Å². The number of urea groups is 1. The number of carbonyl (C=O) groups is 2. The topological polar surface area (TPSA) is 163 Å². The predicted molar refractivity (Wildman–Crippen MR) is 160 cm³/mol. The standard InChI is InChI=1S/C28H42N8O4.ClH/c1-20-7-11-33(13-9-23(20)29)12-8-21-3-5-22(6-4-21)36-14-10-24(32-27(36)40)31-26(39)35-17-15-34(16-18-35)25(38)28(2,30)19-37;/h3-6,10,14,20,23,37H,7-9,11-13,15-19,29-30H2,1-2H3,(H,31,32,39,40);1H. The molecule has 41 heavy (non-hydrogen) atoms. The van der Waals surface area contributed by atoms with Crippen LogP contribution in [0, 0.1) is 5.92 Å². The zero-order chi connectivity index (χ0) is 28.9. The predicted octanol–water partition coefficient (Wildman–Crippen LogP) is 0.642. The number of nitrogens with zero attached hydrogens (tertiary/aromatic N) is 5. The lowest BCUT2D eigenvalue weighted by Gasteiger charge is -2.37. The molecule has 3 unspecified atom stereocenters. The normalized spacial score (nSPS) is 21.4. The third kappa shape index (κ3) is 8.26. The number of aromatic nitrogens is 2. The molecule has 0 radical (unpaired) electrons. The van der Waals surface area contributed by atoms with E-state index in [1.54, 1.807) is 17.2 Å². The fourth-order valence-corrected chi connectivity index (χ4v) is 5.06. The first-order valence-electron chi connectivity index (χ1n) is 14.0. The number of anilines is 1. The van der Waals surface area contributed by atoms with Crippen molar-refractivity contribution in [2.24, 2.45) is 17.4 Å². The van der Waals surface area contributed by atoms with Gasteiger partial charge in [-0.2, -0.15) is 4.98 Å². The SMILES string of the molecule is CC1CCN(CCc2ccc(-n3ccc(NC(=O)N4CCN(C(=O)C(C)(N)CO)CC4)nc3=O)cc2)CCC1N.Cl. The number of hydrogen-bond donors (Lipinski definition) is 4. The molecule has 1 aromatic carbocycles. The number of nitrogens with two attached hydrogens (primary N) is 2. The van der Waals surface area contributed by atoms with E-state index in [1.165, 1.54) is 22.0 Å². The minimum absolute atomic E-state index is 0. The number of aliphatic hydroxyl groups excluding tert-OH is 1. The van der Waals surface area contributed by atoms with Crippen LogP contribution in [0.2, 0.25) is 0 Å². The van der Waals surface area contributed by atoms with Gasteiger partial charge in [0.1, 0.15) is 11.4 Å². The molecule has 3 atom stereocenters. The number of amides is 3. The van der Waals surface area contributed by atoms with Crippen molar-refractivity contribution in [3.63, 3.8) is 0 Å². The third-order valence-electron chi connectivity index (χ3n) is 8.05. The number of likely N-dealkylation sites (tertiary alicyclic amines) is 1. The maximum Gasteiger partial charge on any atom is 0.354 e. The summed E-state index contributed by atoms with van der Waals surface area (Å²) in [5.74, 6) is 0.360. The Bertz CT molecular complexity index is 1220. The molecule has 3 amide bonds. The van der Waals surface area contributed by atoms with E-state index in [4.69, 9.17) is 11.5 Å². The number of nitrogens with one attached hydrogen (secondary N) is 1. The molecule has 2 aliphatic rings. The van der Waals surface area contributed by atoms with Crippen molar-refractivity contribution in [3.8, 4) is 5.69 Å². The van der Waals surface area contributed by atoms with Gasteiger partial charge in [-0.15, -0.1) is 12.4 Å². The number of halogens is 1. The van der Waals surface area contributed by atoms with Crippen LogP contribution in [0.15, 0.2) is 41.3 Å². The quantitative estimate of drug-likeness (QED) is 0.365. The van der Waals surface area contributed by atoms with Crippen LogP contribution >= 0.6 is 12.4 Å². The van der Waals surface area contributed by atoms with Crippen LogP contribution < -0.4 is 22.5 Å². The largest absolute Gasteiger partial charge is 0.394 e. The molecular weight excluding hydrogens is 548 g/mol. The first kappa shape index (κ1) is 32.5. The molecule has 226 valence electrons. The maximum atomic E-state index is 12.7. The van der Waals surface area contributed by atoms with Gasteiger partial charge in [-0.1, -0.05) is 19.1 Å². The molecule has 2 fully saturated rings. The number of benzene rings is 1. The molecule has 2 aromatic rings. The van der Waals surface area contributed by atoms with Crippen molar-refractivity contribution in [1.82, 2.24) is 24.3 Å². The van der Waals surface area contributed by atoms with Gasteiger partial charge in [0.2, 0.25) is 5.91 Å². The Kier molecular flexibility index (Phi) is 11.3. The summed E-state index contributed by atoms with van der Waals surface area (Å²) in [5.41, 5.74) is 12.1. The van der Waals surface area contributed by atoms with Crippen LogP contribution in [-0.4, -0.2) is 105 Å². The third-order valence-corrected chi connectivity index (χ3v) is 8.05. The smallest absolute Gasteiger partial charge is 0.354 e. The van der Waals surface area contributed by atoms with Crippen molar-refractivity contribution in [2.45, 2.75) is 44.7 Å². The molecule has 2 saturated heterocycles. The van der Waals surface area contributed by atoms with Gasteiger partial charge >= 0.3 is 11.7 Å². The average molecular weight is 591 g/mol. The number of aliphatic hydroxyl groups is 1. The summed E-state index contributed by atoms with van der Waals surface area (Å²) in [6.07, 6.45) is 4.68. The van der Waals surface area contributed by atoms with E-state index in [0.29, 0.717) is 37.8 Å². The van der Waals surface area contributed by atoms with Crippen LogP contribution in [0.25, 0.3) is 5.69 Å². The van der Waals surface area contributed by atoms with Gasteiger partial charge in [0.15, 0.2) is 0 Å². The van der Waals surface area contributed by atoms with Gasteiger partial charge in [-0.3, -0.25) is 14.7 Å². The first-order valence-corrected chi connectivity index (χ1v) is 14.0. The molecule has 12 nitrogen and oxygen atoms in total. The second kappa shape index (κ2) is 14.2. The van der Waals surface area contributed by atoms with E-state index in [9.17, 15) is 19.5 Å². The van der Waals surface area contributed by atoms with Crippen LogP contribution in [0.5, 0.6) is 0 Å². The Morgan fingerprint density at radius 1 is 1.05 bits per heavy atom. The van der Waals surface area contributed by atoms with Gasteiger partial charge < -0.3 is 31.3 Å². The highest BCUT2D eigenvalue weighted by Crippen LogP contribution is 2.17. The summed E-state index contributed by atoms with van der Waals surface area (Å²) in [5, 5.41) is 12.0. The molecule has 2 aliphatic heterocycles. The molecule has 0 aliphatic carbocycles. The number of piperazine rings is 1. The van der Waals surface area contributed by atoms with Crippen molar-refractivity contribution < 1.29 is 14.7 Å². The molecule has 13 heteroatoms. The van der Waals surface area contributed by atoms with E-state index in [1.807, 2.05) is 24.3 Å². The number of carbonyl (C=O) groups excluding carboxylic acids is 2. The molecule has 0 saturated carbocycles. The monoisotopic (exact) mass is 590 g/mol. The highest BCUT2D eigenvalue weighted by Gasteiger charge is 2.34. The van der Waals surface area contributed by atoms with Gasteiger partial charge in [0, 0.05) is 45.0 Å². The Morgan fingerprint density at radius 3 is 2.32 bits per heavy atom. The lowest BCUT2D eigenvalue weighted by molar-refractivity contribution is -0.139. The molecule has 1 aromatic heterocycles. The Balaban J connectivity index is 0.00000462. The second-order valence-electron chi connectivity index (χ2n) is 11.2. The maximum absolute atomic E-state index is 12.7. The zero-order valence-electron chi connectivity index (χ0n) is 23.9. The van der Waals surface area contributed by atoms with Gasteiger partial charge in [0.25, 0.3) is 0 Å². The molecule has 4 rings (SSSR count). The summed E-state index contributed by atoms with van der Waals surface area (Å²) >= 11 is 0. The van der Waals surface area contributed by atoms with E-state index >= 15 is 0 Å². The van der Waals surface area contributed by atoms with Crippen LogP contribution in [0.4, 0.5) is 10.6 Å². The van der Waals surface area contributed by atoms with Gasteiger partial charge in [-0.25, -0.2) is 9.59 Å². The Labute approximate surface area is 247 Å². The fourth-order valence-electron chi connectivity index (χ4n) is 5.06. The highest BCUT2D eigenvalue weighted by atomic mass is 35.5. The number of hydrogen-bond acceptors (Lipinski definition) is 8. The number of rotatable bonds is 7. The molecule has 3 heterocycles. The summed E-state index contributed by atoms with van der Waals surface area (Å²) in [4.78, 5) is 47.5. The lowest BCUT2D eigenvalue weighted by atomic mass is 9.98. The van der Waals surface area contributed by atoms with Crippen LogP contribution in [0.1, 0.15) is 32.3 Å². The van der Waals surface area contributed by atoms with E-state index in [0.717, 1.165) is 38.9 Å². The summed E-state index contributed by atoms with van der Waals surface area (Å²) in [7, 11) is 0. The molecular formula is C28H43ClN8O4. The first-order chi connectivity index (χ1) is 19.1. The Hall–Kier alpha value is -3.03. The molecule has 0 bridgehead atoms. The summed E-state index contributed by atoms with van der Waals surface area (Å²) < 4.78 is 1.44. The van der Waals surface area contributed by atoms with E-state index < -0.39 is 23.9 Å². The fraction of sp³-hybridized carbons (Fsp3) is 0.571. The zero-order valence-corrected chi connectivity index (χ0v) is 24.7. The van der Waals surface area contributed by atoms with Crippen molar-refractivity contribution in [1.29, 1.82) is 0 Å². The minimum Gasteiger partial charge on any atom is -0.394 e. The van der Waals surface area contributed by atoms with Crippen molar-refractivity contribution >= 4 is 30.2 Å².